The Morgan fingerprint density at radius 3 is 2.46 bits per heavy atom. The van der Waals surface area contributed by atoms with Gasteiger partial charge in [0.15, 0.2) is 0 Å². The molecule has 0 aliphatic heterocycles. The highest BCUT2D eigenvalue weighted by Crippen LogP contribution is 2.22. The number of hydrogen-bond acceptors (Lipinski definition) is 1. The third-order valence-corrected chi connectivity index (χ3v) is 2.14. The maximum Gasteiger partial charge on any atom is 0.143 e. The van der Waals surface area contributed by atoms with Crippen LogP contribution in [0.3, 0.4) is 0 Å². The lowest BCUT2D eigenvalue weighted by atomic mass is 10.2. The monoisotopic (exact) mass is 268 g/mol. The molecule has 0 radical (unpaired) electrons. The Morgan fingerprint density at radius 1 is 1.38 bits per heavy atom. The van der Waals surface area contributed by atoms with E-state index in [0.29, 0.717) is 0 Å². The molecule has 13 heavy (non-hydrogen) atoms. The summed E-state index contributed by atoms with van der Waals surface area (Å²) in [5, 5.41) is -0.374. The molecule has 0 fully saturated rings. The molecule has 0 aromatic heterocycles. The maximum absolute atomic E-state index is 13.0. The summed E-state index contributed by atoms with van der Waals surface area (Å²) in [5.41, 5.74) is 5.04. The summed E-state index contributed by atoms with van der Waals surface area (Å²) in [6.45, 7) is 0. The first-order chi connectivity index (χ1) is 6.07. The highest BCUT2D eigenvalue weighted by Gasteiger charge is 2.14. The van der Waals surface area contributed by atoms with Crippen molar-refractivity contribution in [3.63, 3.8) is 0 Å². The zero-order chi connectivity index (χ0) is 10.0. The van der Waals surface area contributed by atoms with Gasteiger partial charge in [-0.05, 0) is 12.1 Å². The molecule has 0 spiro atoms. The topological polar surface area (TPSA) is 38.4 Å². The molecule has 0 aliphatic carbocycles. The van der Waals surface area contributed by atoms with Crippen LogP contribution in [-0.2, 0) is 0 Å². The average Bonchev–Trinajstić information content (AvgIpc) is 2.12. The van der Waals surface area contributed by atoms with E-state index < -0.39 is 11.6 Å². The van der Waals surface area contributed by atoms with Crippen LogP contribution in [0.4, 0.5) is 8.78 Å². The van der Waals surface area contributed by atoms with Crippen LogP contribution in [0.25, 0.3) is 0 Å². The minimum atomic E-state index is -0.739. The van der Waals surface area contributed by atoms with E-state index in [4.69, 9.17) is 17.3 Å². The number of rotatable bonds is 1. The molecule has 0 saturated carbocycles. The van der Waals surface area contributed by atoms with Crippen LogP contribution in [0, 0.1) is 11.6 Å². The molecule has 70 valence electrons. The lowest BCUT2D eigenvalue weighted by molar-refractivity contribution is 0.598. The molecule has 0 amide bonds. The number of halogens is 4. The van der Waals surface area contributed by atoms with Crippen molar-refractivity contribution in [2.24, 2.45) is 9.75 Å². The van der Waals surface area contributed by atoms with Gasteiger partial charge < -0.3 is 5.73 Å². The second-order valence-corrected chi connectivity index (χ2v) is 2.92. The van der Waals surface area contributed by atoms with Gasteiger partial charge >= 0.3 is 0 Å². The zero-order valence-corrected chi connectivity index (χ0v) is 8.53. The van der Waals surface area contributed by atoms with Gasteiger partial charge in [-0.25, -0.2) is 8.78 Å². The largest absolute Gasteiger partial charge is 0.383 e. The quantitative estimate of drug-likeness (QED) is 0.475. The van der Waals surface area contributed by atoms with Crippen LogP contribution in [0.15, 0.2) is 16.2 Å². The van der Waals surface area contributed by atoms with Crippen molar-refractivity contribution in [1.82, 2.24) is 0 Å². The van der Waals surface area contributed by atoms with Gasteiger partial charge in [0.2, 0.25) is 0 Å². The molecule has 0 atom stereocenters. The third kappa shape index (κ3) is 1.97. The van der Waals surface area contributed by atoms with Crippen molar-refractivity contribution in [3.8, 4) is 0 Å². The van der Waals surface area contributed by atoms with E-state index in [0.717, 1.165) is 12.1 Å². The van der Waals surface area contributed by atoms with Gasteiger partial charge in [-0.1, -0.05) is 11.6 Å². The molecule has 6 heteroatoms. The lowest BCUT2D eigenvalue weighted by Gasteiger charge is -2.04. The SMILES string of the molecule is NC(=NBr)c1c(F)ccc(F)c1Cl. The Hall–Kier alpha value is -0.680. The molecule has 1 aromatic carbocycles. The van der Waals surface area contributed by atoms with Crippen molar-refractivity contribution in [2.45, 2.75) is 0 Å². The van der Waals surface area contributed by atoms with Crippen molar-refractivity contribution in [3.05, 3.63) is 34.4 Å². The summed E-state index contributed by atoms with van der Waals surface area (Å²) in [7, 11) is 0. The van der Waals surface area contributed by atoms with Crippen molar-refractivity contribution < 1.29 is 8.78 Å². The summed E-state index contributed by atoms with van der Waals surface area (Å²) in [5.74, 6) is -1.66. The second-order valence-electron chi connectivity index (χ2n) is 2.19. The van der Waals surface area contributed by atoms with Gasteiger partial charge in [-0.15, -0.1) is 0 Å². The highest BCUT2D eigenvalue weighted by molar-refractivity contribution is 9.08. The Kier molecular flexibility index (Phi) is 3.22. The highest BCUT2D eigenvalue weighted by atomic mass is 79.9. The number of amidine groups is 1. The molecule has 0 saturated heterocycles. The molecule has 0 unspecified atom stereocenters. The summed E-state index contributed by atoms with van der Waals surface area (Å²) in [6.07, 6.45) is 0. The normalized spacial score (nSPS) is 11.8. The van der Waals surface area contributed by atoms with E-state index in [1.54, 1.807) is 0 Å². The van der Waals surface area contributed by atoms with E-state index in [1.165, 1.54) is 0 Å². The minimum Gasteiger partial charge on any atom is -0.383 e. The van der Waals surface area contributed by atoms with Gasteiger partial charge in [-0.2, -0.15) is 4.02 Å². The standard InChI is InChI=1S/C7H4BrClF2N2/c8-13-7(12)5-3(10)1-2-4(11)6(5)9/h1-2H,(H2,12,13). The van der Waals surface area contributed by atoms with E-state index >= 15 is 0 Å². The zero-order valence-electron chi connectivity index (χ0n) is 6.19. The minimum absolute atomic E-state index is 0.206. The second kappa shape index (κ2) is 4.02. The fourth-order valence-electron chi connectivity index (χ4n) is 0.804. The molecule has 1 rings (SSSR count). The fraction of sp³-hybridized carbons (Fsp3) is 0. The van der Waals surface area contributed by atoms with Crippen molar-refractivity contribution >= 4 is 33.6 Å². The average molecular weight is 269 g/mol. The van der Waals surface area contributed by atoms with Crippen LogP contribution in [-0.4, -0.2) is 5.84 Å². The van der Waals surface area contributed by atoms with E-state index in [2.05, 4.69) is 20.2 Å². The van der Waals surface area contributed by atoms with E-state index in [9.17, 15) is 8.78 Å². The summed E-state index contributed by atoms with van der Waals surface area (Å²) in [4.78, 5) is 0. The fourth-order valence-corrected chi connectivity index (χ4v) is 1.23. The van der Waals surface area contributed by atoms with Crippen molar-refractivity contribution in [2.75, 3.05) is 0 Å². The first-order valence-corrected chi connectivity index (χ1v) is 4.25. The Bertz CT molecular complexity index is 368. The van der Waals surface area contributed by atoms with E-state index in [1.807, 2.05) is 0 Å². The molecule has 0 heterocycles. The summed E-state index contributed by atoms with van der Waals surface area (Å²) >= 11 is 8.14. The van der Waals surface area contributed by atoms with Gasteiger partial charge in [0.25, 0.3) is 0 Å². The maximum atomic E-state index is 13.0. The molecule has 2 N–H and O–H groups in total. The van der Waals surface area contributed by atoms with Crippen molar-refractivity contribution in [1.29, 1.82) is 0 Å². The number of hydrogen-bond donors (Lipinski definition) is 1. The number of benzene rings is 1. The van der Waals surface area contributed by atoms with Gasteiger partial charge in [0, 0.05) is 0 Å². The van der Waals surface area contributed by atoms with Gasteiger partial charge in [0.05, 0.1) is 26.7 Å². The Balaban J connectivity index is 3.42. The Labute approximate surface area is 86.7 Å². The van der Waals surface area contributed by atoms with E-state index in [-0.39, 0.29) is 16.4 Å². The predicted octanol–water partition coefficient (Wildman–Crippen LogP) is 2.63. The Morgan fingerprint density at radius 2 is 1.92 bits per heavy atom. The van der Waals surface area contributed by atoms with Crippen LogP contribution in [0.5, 0.6) is 0 Å². The number of nitrogens with two attached hydrogens (primary N) is 1. The molecule has 2 nitrogen and oxygen atoms in total. The smallest absolute Gasteiger partial charge is 0.143 e. The van der Waals surface area contributed by atoms with Gasteiger partial charge in [0.1, 0.15) is 17.5 Å². The molecule has 0 bridgehead atoms. The van der Waals surface area contributed by atoms with Crippen LogP contribution in [0.2, 0.25) is 5.02 Å². The molecule has 1 aromatic rings. The third-order valence-electron chi connectivity index (χ3n) is 1.39. The molecular formula is C7H4BrClF2N2. The first-order valence-electron chi connectivity index (χ1n) is 3.16. The molecular weight excluding hydrogens is 265 g/mol. The molecule has 0 aliphatic rings. The van der Waals surface area contributed by atoms with Crippen LogP contribution < -0.4 is 5.73 Å². The first kappa shape index (κ1) is 10.4. The van der Waals surface area contributed by atoms with Crippen LogP contribution in [0.1, 0.15) is 5.56 Å². The number of nitrogens with zero attached hydrogens (tertiary/aromatic N) is 1. The van der Waals surface area contributed by atoms with Gasteiger partial charge in [-0.3, -0.25) is 0 Å². The predicted molar refractivity (Wildman–Crippen MR) is 51.0 cm³/mol. The van der Waals surface area contributed by atoms with Crippen LogP contribution >= 0.6 is 27.7 Å². The lowest BCUT2D eigenvalue weighted by Crippen LogP contribution is -2.15. The summed E-state index contributed by atoms with van der Waals surface area (Å²) < 4.78 is 29.2. The summed E-state index contributed by atoms with van der Waals surface area (Å²) in [6, 6.07) is 1.85.